The summed E-state index contributed by atoms with van der Waals surface area (Å²) in [4.78, 5) is 7.56. The van der Waals surface area contributed by atoms with Gasteiger partial charge >= 0.3 is 0 Å². The molecule has 2 aliphatic rings. The minimum atomic E-state index is -1.02. The van der Waals surface area contributed by atoms with Gasteiger partial charge in [0, 0.05) is 24.2 Å². The van der Waals surface area contributed by atoms with Crippen LogP contribution in [-0.4, -0.2) is 66.9 Å². The molecule has 2 fully saturated rings. The molecule has 1 atom stereocenters. The molecule has 0 saturated carbocycles. The molecule has 0 spiro atoms. The van der Waals surface area contributed by atoms with Gasteiger partial charge in [0.25, 0.3) is 0 Å². The van der Waals surface area contributed by atoms with Crippen molar-refractivity contribution >= 4 is 21.9 Å². The number of benzene rings is 2. The Morgan fingerprint density at radius 2 is 1.86 bits per heavy atom. The van der Waals surface area contributed by atoms with Crippen molar-refractivity contribution in [3.05, 3.63) is 77.4 Å². The third-order valence-corrected chi connectivity index (χ3v) is 9.50. The van der Waals surface area contributed by atoms with Gasteiger partial charge in [-0.3, -0.25) is 9.88 Å². The Morgan fingerprint density at radius 3 is 2.51 bits per heavy atom. The van der Waals surface area contributed by atoms with Crippen LogP contribution < -0.4 is 0 Å². The minimum Gasteiger partial charge on any atom is -0.386 e. The van der Waals surface area contributed by atoms with Gasteiger partial charge in [0.05, 0.1) is 58.8 Å². The number of hydrogen-bond donors (Lipinski definition) is 1. The molecule has 2 aliphatic heterocycles. The summed E-state index contributed by atoms with van der Waals surface area (Å²) in [5.41, 5.74) is 6.26. The average Bonchev–Trinajstić information content (AvgIpc) is 3.46. The standard InChI is InChI=1S/C34H39FN6O2/c1-21-33(39(4)38-37-21)24-16-31-32(36-18-24)28-9-8-25(34(2,3)42)17-30(28)41(31)29(23-6-5-7-26(35)15-23)14-22-10-12-40(13-11-22)27-19-43-20-27/h5-9,15-18,22,27,29,42H,10-14,19-20H2,1-4H3. The molecule has 5 heterocycles. The Balaban J connectivity index is 1.41. The van der Waals surface area contributed by atoms with E-state index in [2.05, 4.69) is 38.0 Å². The van der Waals surface area contributed by atoms with E-state index in [1.807, 2.05) is 32.3 Å². The summed E-state index contributed by atoms with van der Waals surface area (Å²) in [6, 6.07) is 15.8. The summed E-state index contributed by atoms with van der Waals surface area (Å²) < 4.78 is 24.4. The van der Waals surface area contributed by atoms with Gasteiger partial charge in [-0.25, -0.2) is 9.07 Å². The summed E-state index contributed by atoms with van der Waals surface area (Å²) in [5, 5.41) is 20.5. The summed E-state index contributed by atoms with van der Waals surface area (Å²) in [6.45, 7) is 9.35. The lowest BCUT2D eigenvalue weighted by atomic mass is 9.86. The van der Waals surface area contributed by atoms with Gasteiger partial charge in [-0.15, -0.1) is 5.10 Å². The summed E-state index contributed by atoms with van der Waals surface area (Å²) in [7, 11) is 1.89. The summed E-state index contributed by atoms with van der Waals surface area (Å²) >= 11 is 0. The van der Waals surface area contributed by atoms with Gasteiger partial charge in [-0.1, -0.05) is 29.5 Å². The second-order valence-electron chi connectivity index (χ2n) is 12.9. The van der Waals surface area contributed by atoms with E-state index in [4.69, 9.17) is 9.72 Å². The maximum atomic E-state index is 14.8. The van der Waals surface area contributed by atoms with Crippen molar-refractivity contribution in [2.24, 2.45) is 13.0 Å². The monoisotopic (exact) mass is 582 g/mol. The van der Waals surface area contributed by atoms with Gasteiger partial charge in [-0.05, 0) is 94.4 Å². The number of piperidine rings is 1. The zero-order valence-electron chi connectivity index (χ0n) is 25.3. The predicted octanol–water partition coefficient (Wildman–Crippen LogP) is 5.75. The maximum absolute atomic E-state index is 14.8. The molecular formula is C34H39FN6O2. The molecule has 9 heteroatoms. The van der Waals surface area contributed by atoms with E-state index in [-0.39, 0.29) is 11.9 Å². The lowest BCUT2D eigenvalue weighted by molar-refractivity contribution is -0.0742. The van der Waals surface area contributed by atoms with Crippen molar-refractivity contribution in [1.29, 1.82) is 0 Å². The van der Waals surface area contributed by atoms with Crippen LogP contribution in [0.2, 0.25) is 0 Å². The van der Waals surface area contributed by atoms with Crippen molar-refractivity contribution < 1.29 is 14.2 Å². The molecule has 0 aliphatic carbocycles. The first-order chi connectivity index (χ1) is 20.7. The van der Waals surface area contributed by atoms with E-state index in [9.17, 15) is 9.50 Å². The van der Waals surface area contributed by atoms with Gasteiger partial charge < -0.3 is 14.4 Å². The van der Waals surface area contributed by atoms with Crippen LogP contribution in [0.15, 0.2) is 54.7 Å². The molecule has 7 rings (SSSR count). The molecule has 2 aromatic carbocycles. The molecule has 8 nitrogen and oxygen atoms in total. The molecule has 5 aromatic rings. The normalized spacial score (nSPS) is 18.0. The number of aromatic nitrogens is 5. The van der Waals surface area contributed by atoms with Crippen molar-refractivity contribution in [3.63, 3.8) is 0 Å². The molecular weight excluding hydrogens is 543 g/mol. The van der Waals surface area contributed by atoms with Crippen LogP contribution in [0.25, 0.3) is 33.2 Å². The molecule has 0 bridgehead atoms. The van der Waals surface area contributed by atoms with Crippen LogP contribution in [-0.2, 0) is 17.4 Å². The number of rotatable bonds is 7. The minimum absolute atomic E-state index is 0.126. The second-order valence-corrected chi connectivity index (χ2v) is 12.9. The Hall–Kier alpha value is -3.66. The third-order valence-electron chi connectivity index (χ3n) is 9.50. The largest absolute Gasteiger partial charge is 0.386 e. The first kappa shape index (κ1) is 28.1. The Morgan fingerprint density at radius 1 is 1.07 bits per heavy atom. The predicted molar refractivity (Wildman–Crippen MR) is 165 cm³/mol. The Kier molecular flexibility index (Phi) is 7.07. The first-order valence-corrected chi connectivity index (χ1v) is 15.3. The van der Waals surface area contributed by atoms with Crippen LogP contribution >= 0.6 is 0 Å². The highest BCUT2D eigenvalue weighted by molar-refractivity contribution is 6.07. The van der Waals surface area contributed by atoms with Gasteiger partial charge in [0.2, 0.25) is 0 Å². The highest BCUT2D eigenvalue weighted by Gasteiger charge is 2.32. The third kappa shape index (κ3) is 5.13. The zero-order valence-corrected chi connectivity index (χ0v) is 25.3. The zero-order chi connectivity index (χ0) is 29.9. The SMILES string of the molecule is Cc1nnn(C)c1-c1cnc2c3ccc(C(C)(C)O)cc3n(C(CC3CCN(C4COC4)CC3)c3cccc(F)c3)c2c1. The Bertz CT molecular complexity index is 1770. The van der Waals surface area contributed by atoms with Gasteiger partial charge in [-0.2, -0.15) is 0 Å². The van der Waals surface area contributed by atoms with Crippen LogP contribution in [0.3, 0.4) is 0 Å². The van der Waals surface area contributed by atoms with Crippen molar-refractivity contribution in [3.8, 4) is 11.3 Å². The summed E-state index contributed by atoms with van der Waals surface area (Å²) in [6.07, 6.45) is 4.95. The molecule has 2 saturated heterocycles. The van der Waals surface area contributed by atoms with Crippen LogP contribution in [0.1, 0.15) is 56.0 Å². The van der Waals surface area contributed by atoms with E-state index < -0.39 is 5.60 Å². The average molecular weight is 583 g/mol. The number of aryl methyl sites for hydroxylation is 2. The van der Waals surface area contributed by atoms with Gasteiger partial charge in [0.15, 0.2) is 0 Å². The summed E-state index contributed by atoms with van der Waals surface area (Å²) in [5.74, 6) is 0.241. The van der Waals surface area contributed by atoms with E-state index in [1.165, 1.54) is 6.07 Å². The van der Waals surface area contributed by atoms with E-state index in [0.29, 0.717) is 12.0 Å². The second kappa shape index (κ2) is 10.8. The fraction of sp³-hybridized carbons (Fsp3) is 0.441. The molecule has 1 N–H and O–H groups in total. The number of likely N-dealkylation sites (tertiary alicyclic amines) is 1. The van der Waals surface area contributed by atoms with Crippen molar-refractivity contribution in [1.82, 2.24) is 29.4 Å². The number of pyridine rings is 1. The fourth-order valence-electron chi connectivity index (χ4n) is 7.02. The Labute approximate surface area is 251 Å². The number of aliphatic hydroxyl groups is 1. The smallest absolute Gasteiger partial charge is 0.123 e. The number of nitrogens with zero attached hydrogens (tertiary/aromatic N) is 6. The quantitative estimate of drug-likeness (QED) is 0.263. The molecule has 1 unspecified atom stereocenters. The van der Waals surface area contributed by atoms with Gasteiger partial charge in [0.1, 0.15) is 5.82 Å². The van der Waals surface area contributed by atoms with Crippen molar-refractivity contribution in [2.75, 3.05) is 26.3 Å². The first-order valence-electron chi connectivity index (χ1n) is 15.3. The van der Waals surface area contributed by atoms with E-state index in [0.717, 1.165) is 95.6 Å². The van der Waals surface area contributed by atoms with E-state index >= 15 is 0 Å². The highest BCUT2D eigenvalue weighted by atomic mass is 19.1. The lowest BCUT2D eigenvalue weighted by Crippen LogP contribution is -2.51. The maximum Gasteiger partial charge on any atom is 0.123 e. The number of halogens is 1. The lowest BCUT2D eigenvalue weighted by Gasteiger charge is -2.42. The van der Waals surface area contributed by atoms with E-state index in [1.54, 1.807) is 30.7 Å². The molecule has 43 heavy (non-hydrogen) atoms. The molecule has 0 amide bonds. The highest BCUT2D eigenvalue weighted by Crippen LogP contribution is 2.41. The molecule has 0 radical (unpaired) electrons. The van der Waals surface area contributed by atoms with Crippen LogP contribution in [0, 0.1) is 18.7 Å². The van der Waals surface area contributed by atoms with Crippen LogP contribution in [0.5, 0.6) is 0 Å². The topological polar surface area (TPSA) is 81.2 Å². The van der Waals surface area contributed by atoms with Crippen LogP contribution in [0.4, 0.5) is 4.39 Å². The number of hydrogen-bond acceptors (Lipinski definition) is 6. The van der Waals surface area contributed by atoms with Crippen molar-refractivity contribution in [2.45, 2.75) is 57.7 Å². The molecule has 224 valence electrons. The molecule has 3 aromatic heterocycles. The number of fused-ring (bicyclic) bond motifs is 3. The number of ether oxygens (including phenoxy) is 1. The fourth-order valence-corrected chi connectivity index (χ4v) is 7.02.